The first kappa shape index (κ1) is 21.0. The maximum atomic E-state index is 11.9. The molecule has 1 aliphatic rings. The number of hydrogen-bond donors (Lipinski definition) is 0. The predicted molar refractivity (Wildman–Crippen MR) is 120 cm³/mol. The number of anilines is 1. The summed E-state index contributed by atoms with van der Waals surface area (Å²) < 4.78 is 27.1. The molecular formula is C17H27B3N4O3S. The van der Waals surface area contributed by atoms with Crippen LogP contribution in [0.4, 0.5) is 5.82 Å². The Bertz CT molecular complexity index is 979. The highest BCUT2D eigenvalue weighted by Crippen LogP contribution is 2.32. The third-order valence-electron chi connectivity index (χ3n) is 5.47. The van der Waals surface area contributed by atoms with Gasteiger partial charge in [0.2, 0.25) is 16.4 Å². The number of carbonyl (C=O) groups excluding carboxylic acids is 1. The Hall–Kier alpha value is -1.74. The molecule has 148 valence electrons. The lowest BCUT2D eigenvalue weighted by Gasteiger charge is -2.33. The average molecular weight is 400 g/mol. The molecule has 28 heavy (non-hydrogen) atoms. The molecule has 2 aromatic rings. The van der Waals surface area contributed by atoms with Crippen LogP contribution in [-0.4, -0.2) is 76.6 Å². The van der Waals surface area contributed by atoms with Crippen LogP contribution >= 0.6 is 0 Å². The molecule has 1 amide bonds. The summed E-state index contributed by atoms with van der Waals surface area (Å²) in [5, 5.41) is -0.363. The van der Waals surface area contributed by atoms with E-state index in [9.17, 15) is 13.2 Å². The summed E-state index contributed by atoms with van der Waals surface area (Å²) in [7, 11) is 2.88. The topological polar surface area (TPSA) is 75.0 Å². The number of pyridine rings is 1. The summed E-state index contributed by atoms with van der Waals surface area (Å²) in [6, 6.07) is 4.07. The molecule has 11 heteroatoms. The monoisotopic (exact) mass is 400 g/mol. The van der Waals surface area contributed by atoms with Gasteiger partial charge in [0.25, 0.3) is 0 Å². The lowest BCUT2D eigenvalue weighted by atomic mass is 9.48. The fraction of sp³-hybridized carbons (Fsp3) is 0.529. The van der Waals surface area contributed by atoms with Crippen LogP contribution in [0.1, 0.15) is 36.9 Å². The van der Waals surface area contributed by atoms with E-state index in [1.165, 1.54) is 6.26 Å². The fourth-order valence-electron chi connectivity index (χ4n) is 3.88. The van der Waals surface area contributed by atoms with Crippen LogP contribution in [0.25, 0.3) is 5.65 Å². The summed E-state index contributed by atoms with van der Waals surface area (Å²) >= 11 is 0. The van der Waals surface area contributed by atoms with Crippen molar-refractivity contribution in [3.8, 4) is 0 Å². The van der Waals surface area contributed by atoms with Crippen molar-refractivity contribution in [2.24, 2.45) is 0 Å². The predicted octanol–water partition coefficient (Wildman–Crippen LogP) is -1.49. The number of aromatic nitrogens is 2. The van der Waals surface area contributed by atoms with Crippen molar-refractivity contribution >= 4 is 51.4 Å². The zero-order chi connectivity index (χ0) is 20.7. The van der Waals surface area contributed by atoms with Crippen molar-refractivity contribution in [1.29, 1.82) is 0 Å². The van der Waals surface area contributed by atoms with E-state index in [4.69, 9.17) is 4.98 Å². The molecule has 0 atom stereocenters. The molecule has 0 radical (unpaired) electrons. The Labute approximate surface area is 169 Å². The molecule has 0 unspecified atom stereocenters. The highest BCUT2D eigenvalue weighted by Gasteiger charge is 2.29. The van der Waals surface area contributed by atoms with E-state index in [0.717, 1.165) is 48.4 Å². The van der Waals surface area contributed by atoms with Gasteiger partial charge in [-0.3, -0.25) is 9.20 Å². The highest BCUT2D eigenvalue weighted by molar-refractivity contribution is 7.88. The number of sulfonamides is 1. The molecule has 0 N–H and O–H groups in total. The van der Waals surface area contributed by atoms with Crippen molar-refractivity contribution in [2.45, 2.75) is 37.3 Å². The van der Waals surface area contributed by atoms with Crippen molar-refractivity contribution < 1.29 is 13.2 Å². The third kappa shape index (κ3) is 4.00. The van der Waals surface area contributed by atoms with Crippen LogP contribution in [0.5, 0.6) is 0 Å². The molecular weight excluding hydrogens is 373 g/mol. The number of nitrogens with zero attached hydrogens (tertiary/aromatic N) is 4. The molecule has 0 spiro atoms. The van der Waals surface area contributed by atoms with E-state index >= 15 is 0 Å². The molecule has 0 aliphatic carbocycles. The summed E-state index contributed by atoms with van der Waals surface area (Å²) in [5.74, 6) is 1.11. The molecule has 3 rings (SSSR count). The van der Waals surface area contributed by atoms with Gasteiger partial charge in [0.05, 0.1) is 11.9 Å². The second-order valence-electron chi connectivity index (χ2n) is 8.51. The van der Waals surface area contributed by atoms with Crippen molar-refractivity contribution in [3.05, 3.63) is 29.6 Å². The molecule has 3 heterocycles. The molecule has 0 saturated carbocycles. The van der Waals surface area contributed by atoms with Gasteiger partial charge in [-0.2, -0.15) is 0 Å². The zero-order valence-corrected chi connectivity index (χ0v) is 18.2. The normalized spacial score (nSPS) is 17.1. The Morgan fingerprint density at radius 3 is 2.43 bits per heavy atom. The maximum Gasteiger partial charge on any atom is 0.213 e. The van der Waals surface area contributed by atoms with Gasteiger partial charge in [0.15, 0.2) is 0 Å². The number of hydrogen-bond acceptors (Lipinski definition) is 4. The van der Waals surface area contributed by atoms with E-state index in [1.54, 1.807) is 9.21 Å². The summed E-state index contributed by atoms with van der Waals surface area (Å²) in [4.78, 5) is 18.4. The molecule has 1 fully saturated rings. The van der Waals surface area contributed by atoms with Crippen molar-refractivity contribution in [1.82, 2.24) is 13.7 Å². The largest absolute Gasteiger partial charge is 0.317 e. The lowest BCUT2D eigenvalue weighted by molar-refractivity contribution is -0.107. The standard InChI is InChI=1S/C17H27B3N4O3S/c1-3-14-16(24(11-25)17(18,19)20)23-10-13(4-5-15(23)21-14)12-6-8-22(9-7-12)28(2,26)27/h4-5,10-12H,3,6-9,18-20H2,1-2H3. The van der Waals surface area contributed by atoms with E-state index in [2.05, 4.69) is 12.3 Å². The molecule has 7 nitrogen and oxygen atoms in total. The van der Waals surface area contributed by atoms with E-state index in [1.807, 2.05) is 40.9 Å². The summed E-state index contributed by atoms with van der Waals surface area (Å²) in [6.45, 7) is 3.13. The molecule has 0 aromatic carbocycles. The van der Waals surface area contributed by atoms with Crippen LogP contribution in [0.2, 0.25) is 0 Å². The third-order valence-corrected chi connectivity index (χ3v) is 6.77. The van der Waals surface area contributed by atoms with Crippen LogP contribution < -0.4 is 4.90 Å². The van der Waals surface area contributed by atoms with E-state index < -0.39 is 10.0 Å². The Morgan fingerprint density at radius 2 is 1.93 bits per heavy atom. The first-order valence-electron chi connectivity index (χ1n) is 9.77. The van der Waals surface area contributed by atoms with Gasteiger partial charge < -0.3 is 4.90 Å². The number of imidazole rings is 1. The zero-order valence-electron chi connectivity index (χ0n) is 17.3. The number of carbonyl (C=O) groups is 1. The van der Waals surface area contributed by atoms with Crippen LogP contribution in [0.15, 0.2) is 18.3 Å². The minimum absolute atomic E-state index is 0.294. The number of amides is 1. The molecule has 1 saturated heterocycles. The number of piperidine rings is 1. The summed E-state index contributed by atoms with van der Waals surface area (Å²) in [6.07, 6.45) is 6.53. The quantitative estimate of drug-likeness (QED) is 0.438. The van der Waals surface area contributed by atoms with Crippen molar-refractivity contribution in [3.63, 3.8) is 0 Å². The second kappa shape index (κ2) is 7.59. The summed E-state index contributed by atoms with van der Waals surface area (Å²) in [5.41, 5.74) is 2.87. The van der Waals surface area contributed by atoms with Crippen LogP contribution in [0.3, 0.4) is 0 Å². The minimum Gasteiger partial charge on any atom is -0.317 e. The van der Waals surface area contributed by atoms with E-state index in [0.29, 0.717) is 19.0 Å². The van der Waals surface area contributed by atoms with E-state index in [-0.39, 0.29) is 5.24 Å². The minimum atomic E-state index is -3.13. The van der Waals surface area contributed by atoms with Crippen LogP contribution in [0, 0.1) is 0 Å². The van der Waals surface area contributed by atoms with Gasteiger partial charge in [-0.1, -0.05) is 13.0 Å². The van der Waals surface area contributed by atoms with Gasteiger partial charge in [-0.05, 0) is 42.0 Å². The highest BCUT2D eigenvalue weighted by atomic mass is 32.2. The molecule has 1 aliphatic heterocycles. The Balaban J connectivity index is 1.99. The second-order valence-corrected chi connectivity index (χ2v) is 10.5. The van der Waals surface area contributed by atoms with Gasteiger partial charge in [0, 0.05) is 19.3 Å². The van der Waals surface area contributed by atoms with Gasteiger partial charge >= 0.3 is 0 Å². The average Bonchev–Trinajstić information content (AvgIpc) is 2.98. The first-order valence-corrected chi connectivity index (χ1v) is 11.6. The molecule has 0 bridgehead atoms. The van der Waals surface area contributed by atoms with Crippen molar-refractivity contribution in [2.75, 3.05) is 24.2 Å². The fourth-order valence-corrected chi connectivity index (χ4v) is 4.75. The Kier molecular flexibility index (Phi) is 5.69. The number of rotatable bonds is 6. The Morgan fingerprint density at radius 1 is 1.29 bits per heavy atom. The molecule has 2 aromatic heterocycles. The van der Waals surface area contributed by atoms with Gasteiger partial charge in [-0.25, -0.2) is 17.7 Å². The van der Waals surface area contributed by atoms with Gasteiger partial charge in [0.1, 0.15) is 35.0 Å². The maximum absolute atomic E-state index is 11.9. The SMILES string of the molecule is BC(B)(B)N(C=O)c1c(CC)nc2ccc(C3CCN(S(C)(=O)=O)CC3)cn12. The van der Waals surface area contributed by atoms with Crippen LogP contribution in [-0.2, 0) is 21.2 Å². The first-order chi connectivity index (χ1) is 13.1. The number of aryl methyl sites for hydroxylation is 1. The smallest absolute Gasteiger partial charge is 0.213 e. The number of fused-ring (bicyclic) bond motifs is 1. The lowest BCUT2D eigenvalue weighted by Crippen LogP contribution is -2.51. The van der Waals surface area contributed by atoms with Gasteiger partial charge in [-0.15, -0.1) is 0 Å².